The second-order valence-corrected chi connectivity index (χ2v) is 5.63. The molecule has 0 aliphatic carbocycles. The molecule has 1 N–H and O–H groups in total. The van der Waals surface area contributed by atoms with E-state index in [2.05, 4.69) is 15.1 Å². The van der Waals surface area contributed by atoms with Gasteiger partial charge in [0.1, 0.15) is 5.75 Å². The first-order valence-corrected chi connectivity index (χ1v) is 7.89. The minimum absolute atomic E-state index is 0.154. The largest absolute Gasteiger partial charge is 0.478 e. The van der Waals surface area contributed by atoms with E-state index in [1.54, 1.807) is 22.9 Å². The highest BCUT2D eigenvalue weighted by molar-refractivity contribution is 5.88. The van der Waals surface area contributed by atoms with Crippen molar-refractivity contribution < 1.29 is 14.6 Å². The summed E-state index contributed by atoms with van der Waals surface area (Å²) in [6.07, 6.45) is 0.709. The smallest absolute Gasteiger partial charge is 0.335 e. The van der Waals surface area contributed by atoms with Gasteiger partial charge in [-0.3, -0.25) is 0 Å². The van der Waals surface area contributed by atoms with Crippen LogP contribution in [0.5, 0.6) is 11.6 Å². The second-order valence-electron chi connectivity index (χ2n) is 5.63. The summed E-state index contributed by atoms with van der Waals surface area (Å²) in [6, 6.07) is 9.96. The molecule has 25 heavy (non-hydrogen) atoms. The number of carboxylic acids is 1. The number of benzene rings is 1. The van der Waals surface area contributed by atoms with Crippen molar-refractivity contribution in [1.82, 2.24) is 19.7 Å². The molecule has 0 amide bonds. The number of ether oxygens (including phenoxy) is 1. The van der Waals surface area contributed by atoms with Crippen molar-refractivity contribution in [3.05, 3.63) is 59.0 Å². The lowest BCUT2D eigenvalue weighted by Gasteiger charge is -2.10. The number of carbonyl (C=O) groups is 1. The normalized spacial score (nSPS) is 10.7. The number of rotatable bonds is 5. The maximum absolute atomic E-state index is 11.1. The Labute approximate surface area is 144 Å². The summed E-state index contributed by atoms with van der Waals surface area (Å²) in [5.41, 5.74) is 2.76. The lowest BCUT2D eigenvalue weighted by Crippen LogP contribution is -2.08. The predicted molar refractivity (Wildman–Crippen MR) is 91.5 cm³/mol. The Morgan fingerprint density at radius 2 is 2.00 bits per heavy atom. The van der Waals surface area contributed by atoms with Gasteiger partial charge >= 0.3 is 5.97 Å². The SMILES string of the molecule is CCc1cc(Oc2cccc(C(=O)O)c2)nc(-n2nc(C)cc2C)n1. The minimum atomic E-state index is -1.01. The Morgan fingerprint density at radius 3 is 2.64 bits per heavy atom. The zero-order valence-electron chi connectivity index (χ0n) is 14.2. The van der Waals surface area contributed by atoms with Gasteiger partial charge in [-0.25, -0.2) is 14.5 Å². The second kappa shape index (κ2) is 6.72. The molecule has 2 aromatic heterocycles. The van der Waals surface area contributed by atoms with Crippen LogP contribution in [0.3, 0.4) is 0 Å². The summed E-state index contributed by atoms with van der Waals surface area (Å²) >= 11 is 0. The van der Waals surface area contributed by atoms with Crippen LogP contribution in [0.15, 0.2) is 36.4 Å². The lowest BCUT2D eigenvalue weighted by molar-refractivity contribution is 0.0696. The molecule has 0 bridgehead atoms. The average molecular weight is 338 g/mol. The van der Waals surface area contributed by atoms with E-state index in [4.69, 9.17) is 9.84 Å². The molecular formula is C18H18N4O3. The summed E-state index contributed by atoms with van der Waals surface area (Å²) in [6.45, 7) is 5.82. The molecule has 2 heterocycles. The Morgan fingerprint density at radius 1 is 1.20 bits per heavy atom. The molecular weight excluding hydrogens is 320 g/mol. The van der Waals surface area contributed by atoms with Gasteiger partial charge < -0.3 is 9.84 Å². The van der Waals surface area contributed by atoms with Crippen LogP contribution in [-0.4, -0.2) is 30.8 Å². The van der Waals surface area contributed by atoms with E-state index in [-0.39, 0.29) is 5.56 Å². The molecule has 3 aromatic rings. The fraction of sp³-hybridized carbons (Fsp3) is 0.222. The molecule has 128 valence electrons. The number of aryl methyl sites for hydroxylation is 3. The van der Waals surface area contributed by atoms with Crippen molar-refractivity contribution in [3.63, 3.8) is 0 Å². The number of aromatic carboxylic acids is 1. The van der Waals surface area contributed by atoms with Crippen molar-refractivity contribution in [2.24, 2.45) is 0 Å². The van der Waals surface area contributed by atoms with Gasteiger partial charge in [-0.05, 0) is 44.5 Å². The average Bonchev–Trinajstić information content (AvgIpc) is 2.93. The standard InChI is InChI=1S/C18H18N4O3/c1-4-14-10-16(25-15-7-5-6-13(9-15)17(23)24)20-18(19-14)22-12(3)8-11(2)21-22/h5-10H,4H2,1-3H3,(H,23,24). The molecule has 0 saturated heterocycles. The Bertz CT molecular complexity index is 934. The van der Waals surface area contributed by atoms with E-state index >= 15 is 0 Å². The molecule has 7 heteroatoms. The Kier molecular flexibility index (Phi) is 4.47. The number of carboxylic acid groups (broad SMARTS) is 1. The monoisotopic (exact) mass is 338 g/mol. The van der Waals surface area contributed by atoms with E-state index < -0.39 is 5.97 Å². The van der Waals surface area contributed by atoms with E-state index in [0.717, 1.165) is 17.1 Å². The van der Waals surface area contributed by atoms with Crippen LogP contribution in [0.1, 0.15) is 34.4 Å². The van der Waals surface area contributed by atoms with Gasteiger partial charge in [-0.15, -0.1) is 0 Å². The maximum Gasteiger partial charge on any atom is 0.335 e. The highest BCUT2D eigenvalue weighted by Gasteiger charge is 2.12. The van der Waals surface area contributed by atoms with Crippen molar-refractivity contribution >= 4 is 5.97 Å². The third-order valence-corrected chi connectivity index (χ3v) is 3.61. The van der Waals surface area contributed by atoms with Crippen LogP contribution in [0, 0.1) is 13.8 Å². The lowest BCUT2D eigenvalue weighted by atomic mass is 10.2. The first kappa shape index (κ1) is 16.6. The summed E-state index contributed by atoms with van der Waals surface area (Å²) < 4.78 is 7.43. The van der Waals surface area contributed by atoms with Gasteiger partial charge in [0.2, 0.25) is 5.88 Å². The summed E-state index contributed by atoms with van der Waals surface area (Å²) in [5, 5.41) is 13.5. The van der Waals surface area contributed by atoms with E-state index in [1.807, 2.05) is 26.8 Å². The molecule has 0 atom stereocenters. The molecule has 3 rings (SSSR count). The number of hydrogen-bond acceptors (Lipinski definition) is 5. The quantitative estimate of drug-likeness (QED) is 0.767. The minimum Gasteiger partial charge on any atom is -0.478 e. The Hall–Kier alpha value is -3.22. The summed E-state index contributed by atoms with van der Waals surface area (Å²) in [7, 11) is 0. The fourth-order valence-corrected chi connectivity index (χ4v) is 2.43. The molecule has 0 fully saturated rings. The maximum atomic E-state index is 11.1. The molecule has 0 spiro atoms. The van der Waals surface area contributed by atoms with Crippen molar-refractivity contribution in [3.8, 4) is 17.6 Å². The van der Waals surface area contributed by atoms with Crippen LogP contribution in [0.25, 0.3) is 5.95 Å². The van der Waals surface area contributed by atoms with Crippen LogP contribution < -0.4 is 4.74 Å². The van der Waals surface area contributed by atoms with Gasteiger partial charge in [-0.1, -0.05) is 13.0 Å². The van der Waals surface area contributed by atoms with Crippen molar-refractivity contribution in [2.45, 2.75) is 27.2 Å². The van der Waals surface area contributed by atoms with Gasteiger partial charge in [0, 0.05) is 17.5 Å². The highest BCUT2D eigenvalue weighted by Crippen LogP contribution is 2.22. The van der Waals surface area contributed by atoms with E-state index in [9.17, 15) is 4.79 Å². The van der Waals surface area contributed by atoms with E-state index in [0.29, 0.717) is 24.0 Å². The van der Waals surface area contributed by atoms with Gasteiger partial charge in [0.25, 0.3) is 5.95 Å². The fourth-order valence-electron chi connectivity index (χ4n) is 2.43. The van der Waals surface area contributed by atoms with Crippen LogP contribution in [0.2, 0.25) is 0 Å². The predicted octanol–water partition coefficient (Wildman–Crippen LogP) is 3.33. The first-order chi connectivity index (χ1) is 12.0. The number of nitrogens with zero attached hydrogens (tertiary/aromatic N) is 4. The summed E-state index contributed by atoms with van der Waals surface area (Å²) in [5.74, 6) is 0.164. The molecule has 7 nitrogen and oxygen atoms in total. The topological polar surface area (TPSA) is 90.1 Å². The molecule has 1 aromatic carbocycles. The van der Waals surface area contributed by atoms with Gasteiger partial charge in [-0.2, -0.15) is 10.1 Å². The van der Waals surface area contributed by atoms with Crippen LogP contribution in [-0.2, 0) is 6.42 Å². The van der Waals surface area contributed by atoms with Gasteiger partial charge in [0.05, 0.1) is 11.3 Å². The molecule has 0 saturated carbocycles. The highest BCUT2D eigenvalue weighted by atomic mass is 16.5. The number of hydrogen-bond donors (Lipinski definition) is 1. The first-order valence-electron chi connectivity index (χ1n) is 7.89. The van der Waals surface area contributed by atoms with E-state index in [1.165, 1.54) is 12.1 Å². The van der Waals surface area contributed by atoms with Crippen LogP contribution in [0.4, 0.5) is 0 Å². The van der Waals surface area contributed by atoms with Crippen LogP contribution >= 0.6 is 0 Å². The number of aromatic nitrogens is 4. The van der Waals surface area contributed by atoms with Crippen molar-refractivity contribution in [1.29, 1.82) is 0 Å². The summed E-state index contributed by atoms with van der Waals surface area (Å²) in [4.78, 5) is 20.0. The third-order valence-electron chi connectivity index (χ3n) is 3.61. The van der Waals surface area contributed by atoms with Crippen molar-refractivity contribution in [2.75, 3.05) is 0 Å². The third kappa shape index (κ3) is 3.65. The molecule has 0 aliphatic rings. The zero-order valence-corrected chi connectivity index (χ0v) is 14.2. The molecule has 0 unspecified atom stereocenters. The Balaban J connectivity index is 1.99. The van der Waals surface area contributed by atoms with Gasteiger partial charge in [0.15, 0.2) is 0 Å². The molecule has 0 aliphatic heterocycles. The zero-order chi connectivity index (χ0) is 18.0. The molecule has 0 radical (unpaired) electrons.